The average molecular weight is 215 g/mol. The topological polar surface area (TPSA) is 93.5 Å². The number of amides is 2. The normalized spacial score (nSPS) is 14.7. The van der Waals surface area contributed by atoms with E-state index in [2.05, 4.69) is 5.32 Å². The number of ether oxygens (including phenoxy) is 1. The van der Waals surface area contributed by atoms with Crippen LogP contribution >= 0.6 is 0 Å². The Morgan fingerprint density at radius 2 is 2.07 bits per heavy atom. The minimum absolute atomic E-state index is 0.428. The van der Waals surface area contributed by atoms with E-state index in [1.165, 1.54) is 12.8 Å². The van der Waals surface area contributed by atoms with E-state index in [0.717, 1.165) is 12.5 Å². The van der Waals surface area contributed by atoms with E-state index in [4.69, 9.17) is 10.6 Å². The van der Waals surface area contributed by atoms with Crippen molar-refractivity contribution in [3.63, 3.8) is 0 Å². The molecule has 0 spiro atoms. The SMILES string of the molecule is NNC(=O)C(=O)NCCCOCC1CC1. The quantitative estimate of drug-likeness (QED) is 0.172. The molecule has 0 aromatic heterocycles. The molecule has 1 aliphatic rings. The first-order valence-electron chi connectivity index (χ1n) is 5.10. The molecule has 6 heteroatoms. The molecule has 15 heavy (non-hydrogen) atoms. The predicted molar refractivity (Wildman–Crippen MR) is 53.5 cm³/mol. The molecule has 0 unspecified atom stereocenters. The second kappa shape index (κ2) is 6.36. The van der Waals surface area contributed by atoms with Crippen molar-refractivity contribution in [3.8, 4) is 0 Å². The van der Waals surface area contributed by atoms with Gasteiger partial charge in [-0.3, -0.25) is 15.0 Å². The van der Waals surface area contributed by atoms with E-state index in [1.54, 1.807) is 5.43 Å². The van der Waals surface area contributed by atoms with Crippen LogP contribution in [0.4, 0.5) is 0 Å². The maximum atomic E-state index is 10.9. The van der Waals surface area contributed by atoms with Gasteiger partial charge >= 0.3 is 11.8 Å². The van der Waals surface area contributed by atoms with Gasteiger partial charge in [0.25, 0.3) is 0 Å². The smallest absolute Gasteiger partial charge is 0.323 e. The lowest BCUT2D eigenvalue weighted by Gasteiger charge is -2.04. The lowest BCUT2D eigenvalue weighted by Crippen LogP contribution is -2.43. The van der Waals surface area contributed by atoms with Gasteiger partial charge in [-0.1, -0.05) is 0 Å². The van der Waals surface area contributed by atoms with Crippen LogP contribution in [-0.2, 0) is 14.3 Å². The van der Waals surface area contributed by atoms with Gasteiger partial charge in [-0.15, -0.1) is 0 Å². The summed E-state index contributed by atoms with van der Waals surface area (Å²) in [5.74, 6) is 4.00. The molecule has 0 aliphatic heterocycles. The van der Waals surface area contributed by atoms with Crippen LogP contribution in [0.1, 0.15) is 19.3 Å². The van der Waals surface area contributed by atoms with Gasteiger partial charge in [-0.05, 0) is 25.2 Å². The van der Waals surface area contributed by atoms with Gasteiger partial charge in [0.1, 0.15) is 0 Å². The monoisotopic (exact) mass is 215 g/mol. The van der Waals surface area contributed by atoms with Crippen LogP contribution < -0.4 is 16.6 Å². The van der Waals surface area contributed by atoms with Crippen LogP contribution in [0, 0.1) is 5.92 Å². The number of nitrogens with two attached hydrogens (primary N) is 1. The number of carbonyl (C=O) groups is 2. The molecule has 1 rings (SSSR count). The first kappa shape index (κ1) is 11.9. The Bertz CT molecular complexity index is 229. The summed E-state index contributed by atoms with van der Waals surface area (Å²) in [5, 5.41) is 2.43. The molecule has 0 aromatic rings. The lowest BCUT2D eigenvalue weighted by atomic mass is 10.4. The Morgan fingerprint density at radius 1 is 1.33 bits per heavy atom. The van der Waals surface area contributed by atoms with Crippen molar-refractivity contribution in [1.29, 1.82) is 0 Å². The van der Waals surface area contributed by atoms with Crippen molar-refractivity contribution in [2.45, 2.75) is 19.3 Å². The predicted octanol–water partition coefficient (Wildman–Crippen LogP) is -1.09. The molecule has 0 bridgehead atoms. The fourth-order valence-corrected chi connectivity index (χ4v) is 1.06. The van der Waals surface area contributed by atoms with E-state index < -0.39 is 11.8 Å². The number of rotatable bonds is 6. The first-order valence-corrected chi connectivity index (χ1v) is 5.10. The van der Waals surface area contributed by atoms with Gasteiger partial charge in [0, 0.05) is 19.8 Å². The minimum Gasteiger partial charge on any atom is -0.381 e. The first-order chi connectivity index (χ1) is 7.24. The molecular weight excluding hydrogens is 198 g/mol. The zero-order valence-electron chi connectivity index (χ0n) is 8.62. The van der Waals surface area contributed by atoms with E-state index in [0.29, 0.717) is 19.6 Å². The van der Waals surface area contributed by atoms with Gasteiger partial charge in [0.2, 0.25) is 0 Å². The van der Waals surface area contributed by atoms with Crippen molar-refractivity contribution in [2.24, 2.45) is 11.8 Å². The summed E-state index contributed by atoms with van der Waals surface area (Å²) in [4.78, 5) is 21.5. The molecule has 0 radical (unpaired) electrons. The second-order valence-corrected chi connectivity index (χ2v) is 3.60. The standard InChI is InChI=1S/C9H17N3O3/c10-12-9(14)8(13)11-4-1-5-15-6-7-2-3-7/h7H,1-6,10H2,(H,11,13)(H,12,14). The molecule has 1 fully saturated rings. The fourth-order valence-electron chi connectivity index (χ4n) is 1.06. The third kappa shape index (κ3) is 5.34. The van der Waals surface area contributed by atoms with E-state index >= 15 is 0 Å². The van der Waals surface area contributed by atoms with Crippen molar-refractivity contribution in [2.75, 3.05) is 19.8 Å². The Labute approximate surface area is 88.5 Å². The molecule has 0 aromatic carbocycles. The number of hydrogen-bond donors (Lipinski definition) is 3. The molecule has 86 valence electrons. The van der Waals surface area contributed by atoms with Crippen LogP contribution in [0.5, 0.6) is 0 Å². The summed E-state index contributed by atoms with van der Waals surface area (Å²) in [5.41, 5.74) is 1.76. The summed E-state index contributed by atoms with van der Waals surface area (Å²) in [7, 11) is 0. The Morgan fingerprint density at radius 3 is 2.67 bits per heavy atom. The number of carbonyl (C=O) groups excluding carboxylic acids is 2. The summed E-state index contributed by atoms with van der Waals surface area (Å²) >= 11 is 0. The molecule has 0 atom stereocenters. The van der Waals surface area contributed by atoms with Crippen LogP contribution in [0.2, 0.25) is 0 Å². The summed E-state index contributed by atoms with van der Waals surface area (Å²) < 4.78 is 5.35. The summed E-state index contributed by atoms with van der Waals surface area (Å²) in [6.45, 7) is 1.86. The van der Waals surface area contributed by atoms with Gasteiger partial charge in [-0.25, -0.2) is 5.84 Å². The van der Waals surface area contributed by atoms with Crippen LogP contribution in [0.3, 0.4) is 0 Å². The molecule has 0 heterocycles. The highest BCUT2D eigenvalue weighted by Gasteiger charge is 2.20. The maximum Gasteiger partial charge on any atom is 0.323 e. The highest BCUT2D eigenvalue weighted by atomic mass is 16.5. The highest BCUT2D eigenvalue weighted by Crippen LogP contribution is 2.28. The third-order valence-corrected chi connectivity index (χ3v) is 2.14. The zero-order chi connectivity index (χ0) is 11.1. The number of nitrogens with one attached hydrogen (secondary N) is 2. The Kier molecular flexibility index (Phi) is 5.06. The van der Waals surface area contributed by atoms with Crippen LogP contribution in [0.15, 0.2) is 0 Å². The minimum atomic E-state index is -0.825. The van der Waals surface area contributed by atoms with Gasteiger partial charge < -0.3 is 10.1 Å². The van der Waals surface area contributed by atoms with Gasteiger partial charge in [-0.2, -0.15) is 0 Å². The number of hydrogen-bond acceptors (Lipinski definition) is 4. The third-order valence-electron chi connectivity index (χ3n) is 2.14. The average Bonchev–Trinajstić information content (AvgIpc) is 3.05. The molecule has 6 nitrogen and oxygen atoms in total. The molecule has 0 saturated heterocycles. The maximum absolute atomic E-state index is 10.9. The zero-order valence-corrected chi connectivity index (χ0v) is 8.62. The summed E-state index contributed by atoms with van der Waals surface area (Å²) in [6, 6.07) is 0. The molecule has 4 N–H and O–H groups in total. The molecule has 1 saturated carbocycles. The van der Waals surface area contributed by atoms with Crippen molar-refractivity contribution in [1.82, 2.24) is 10.7 Å². The van der Waals surface area contributed by atoms with Crippen LogP contribution in [-0.4, -0.2) is 31.6 Å². The van der Waals surface area contributed by atoms with E-state index in [9.17, 15) is 9.59 Å². The Balaban J connectivity index is 1.86. The number of hydrazine groups is 1. The van der Waals surface area contributed by atoms with Gasteiger partial charge in [0.15, 0.2) is 0 Å². The largest absolute Gasteiger partial charge is 0.381 e. The van der Waals surface area contributed by atoms with Gasteiger partial charge in [0.05, 0.1) is 0 Å². The Hall–Kier alpha value is -1.14. The second-order valence-electron chi connectivity index (χ2n) is 3.60. The molecular formula is C9H17N3O3. The van der Waals surface area contributed by atoms with Crippen molar-refractivity contribution >= 4 is 11.8 Å². The fraction of sp³-hybridized carbons (Fsp3) is 0.778. The van der Waals surface area contributed by atoms with Crippen LogP contribution in [0.25, 0.3) is 0 Å². The highest BCUT2D eigenvalue weighted by molar-refractivity contribution is 6.34. The molecule has 1 aliphatic carbocycles. The summed E-state index contributed by atoms with van der Waals surface area (Å²) in [6.07, 6.45) is 3.25. The van der Waals surface area contributed by atoms with E-state index in [1.807, 2.05) is 0 Å². The van der Waals surface area contributed by atoms with Crippen molar-refractivity contribution < 1.29 is 14.3 Å². The van der Waals surface area contributed by atoms with Crippen molar-refractivity contribution in [3.05, 3.63) is 0 Å². The lowest BCUT2D eigenvalue weighted by molar-refractivity contribution is -0.139. The molecule has 2 amide bonds. The van der Waals surface area contributed by atoms with E-state index in [-0.39, 0.29) is 0 Å².